The molecule has 2 nitrogen and oxygen atoms in total. The highest BCUT2D eigenvalue weighted by atomic mass is 15.2. The highest BCUT2D eigenvalue weighted by Gasteiger charge is 2.27. The fourth-order valence-corrected chi connectivity index (χ4v) is 2.97. The lowest BCUT2D eigenvalue weighted by Crippen LogP contribution is -2.50. The molecule has 1 aliphatic rings. The van der Waals surface area contributed by atoms with Crippen LogP contribution in [0.25, 0.3) is 0 Å². The number of hydrogen-bond donors (Lipinski definition) is 1. The fourth-order valence-electron chi connectivity index (χ4n) is 2.97. The van der Waals surface area contributed by atoms with Gasteiger partial charge in [0.25, 0.3) is 0 Å². The van der Waals surface area contributed by atoms with E-state index in [0.29, 0.717) is 0 Å². The van der Waals surface area contributed by atoms with E-state index in [-0.39, 0.29) is 0 Å². The molecule has 0 spiro atoms. The average Bonchev–Trinajstić information content (AvgIpc) is 2.20. The zero-order valence-corrected chi connectivity index (χ0v) is 11.8. The Morgan fingerprint density at radius 2 is 2.00 bits per heavy atom. The molecule has 2 heteroatoms. The van der Waals surface area contributed by atoms with Crippen molar-refractivity contribution in [3.05, 3.63) is 0 Å². The molecule has 1 rings (SSSR count). The summed E-state index contributed by atoms with van der Waals surface area (Å²) in [6.45, 7) is 15.3. The van der Waals surface area contributed by atoms with E-state index >= 15 is 0 Å². The second kappa shape index (κ2) is 6.61. The minimum Gasteiger partial charge on any atom is -0.314 e. The van der Waals surface area contributed by atoms with Crippen molar-refractivity contribution in [1.82, 2.24) is 10.2 Å². The Morgan fingerprint density at radius 1 is 1.31 bits per heavy atom. The van der Waals surface area contributed by atoms with E-state index in [1.807, 2.05) is 0 Å². The van der Waals surface area contributed by atoms with E-state index in [4.69, 9.17) is 0 Å². The first kappa shape index (κ1) is 14.0. The van der Waals surface area contributed by atoms with Gasteiger partial charge in [0.2, 0.25) is 0 Å². The van der Waals surface area contributed by atoms with Crippen molar-refractivity contribution in [2.75, 3.05) is 19.6 Å². The maximum atomic E-state index is 3.61. The van der Waals surface area contributed by atoms with Crippen LogP contribution >= 0.6 is 0 Å². The van der Waals surface area contributed by atoms with E-state index in [2.05, 4.69) is 44.8 Å². The van der Waals surface area contributed by atoms with Crippen LogP contribution in [0.5, 0.6) is 0 Å². The zero-order chi connectivity index (χ0) is 12.1. The van der Waals surface area contributed by atoms with Crippen LogP contribution in [0, 0.1) is 11.8 Å². The van der Waals surface area contributed by atoms with Crippen molar-refractivity contribution >= 4 is 0 Å². The van der Waals surface area contributed by atoms with Crippen molar-refractivity contribution in [3.8, 4) is 0 Å². The second-order valence-corrected chi connectivity index (χ2v) is 5.90. The monoisotopic (exact) mass is 226 g/mol. The van der Waals surface area contributed by atoms with Gasteiger partial charge >= 0.3 is 0 Å². The van der Waals surface area contributed by atoms with E-state index < -0.39 is 0 Å². The smallest absolute Gasteiger partial charge is 0.0117 e. The molecule has 1 heterocycles. The molecule has 0 saturated carbocycles. The molecule has 0 amide bonds. The molecule has 0 radical (unpaired) electrons. The fraction of sp³-hybridized carbons (Fsp3) is 1.00. The first-order valence-electron chi connectivity index (χ1n) is 7.02. The Labute approximate surface area is 102 Å². The van der Waals surface area contributed by atoms with Gasteiger partial charge in [0.1, 0.15) is 0 Å². The van der Waals surface area contributed by atoms with Crippen LogP contribution in [0.2, 0.25) is 0 Å². The molecule has 16 heavy (non-hydrogen) atoms. The molecule has 1 N–H and O–H groups in total. The number of rotatable bonds is 5. The third-order valence-electron chi connectivity index (χ3n) is 3.84. The van der Waals surface area contributed by atoms with Gasteiger partial charge in [-0.2, -0.15) is 0 Å². The van der Waals surface area contributed by atoms with E-state index in [1.54, 1.807) is 0 Å². The quantitative estimate of drug-likeness (QED) is 0.775. The Balaban J connectivity index is 2.38. The standard InChI is InChI=1S/C14H30N2/c1-6-15-14-7-8-16(10-12(14)4)13(5)9-11(2)3/h11-15H,6-10H2,1-5H3. The molecule has 1 aliphatic heterocycles. The van der Waals surface area contributed by atoms with Crippen molar-refractivity contribution in [1.29, 1.82) is 0 Å². The SMILES string of the molecule is CCNC1CCN(C(C)CC(C)C)CC1C. The molecule has 3 atom stereocenters. The first-order chi connectivity index (χ1) is 7.54. The van der Waals surface area contributed by atoms with Crippen LogP contribution in [-0.2, 0) is 0 Å². The summed E-state index contributed by atoms with van der Waals surface area (Å²) >= 11 is 0. The second-order valence-electron chi connectivity index (χ2n) is 5.90. The Bertz CT molecular complexity index is 191. The van der Waals surface area contributed by atoms with Gasteiger partial charge in [0, 0.05) is 18.6 Å². The Kier molecular flexibility index (Phi) is 5.77. The van der Waals surface area contributed by atoms with Gasteiger partial charge in [-0.25, -0.2) is 0 Å². The molecule has 1 fully saturated rings. The van der Waals surface area contributed by atoms with Gasteiger partial charge in [-0.3, -0.25) is 0 Å². The van der Waals surface area contributed by atoms with Crippen molar-refractivity contribution < 1.29 is 0 Å². The Hall–Kier alpha value is -0.0800. The van der Waals surface area contributed by atoms with E-state index in [0.717, 1.165) is 30.5 Å². The van der Waals surface area contributed by atoms with E-state index in [1.165, 1.54) is 25.9 Å². The third kappa shape index (κ3) is 4.06. The maximum Gasteiger partial charge on any atom is 0.0117 e. The summed E-state index contributed by atoms with van der Waals surface area (Å²) in [5.74, 6) is 1.61. The number of nitrogens with zero attached hydrogens (tertiary/aromatic N) is 1. The lowest BCUT2D eigenvalue weighted by Gasteiger charge is -2.40. The number of piperidine rings is 1. The number of likely N-dealkylation sites (tertiary alicyclic amines) is 1. The van der Waals surface area contributed by atoms with Crippen LogP contribution in [0.4, 0.5) is 0 Å². The van der Waals surface area contributed by atoms with Crippen molar-refractivity contribution in [3.63, 3.8) is 0 Å². The number of hydrogen-bond acceptors (Lipinski definition) is 2. The first-order valence-corrected chi connectivity index (χ1v) is 7.02. The number of nitrogens with one attached hydrogen (secondary N) is 1. The minimum absolute atomic E-state index is 0.743. The highest BCUT2D eigenvalue weighted by molar-refractivity contribution is 4.84. The summed E-state index contributed by atoms with van der Waals surface area (Å²) in [5, 5.41) is 3.61. The predicted molar refractivity (Wildman–Crippen MR) is 71.7 cm³/mol. The summed E-state index contributed by atoms with van der Waals surface area (Å²) < 4.78 is 0. The van der Waals surface area contributed by atoms with Gasteiger partial charge in [0.15, 0.2) is 0 Å². The normalized spacial score (nSPS) is 29.6. The van der Waals surface area contributed by atoms with E-state index in [9.17, 15) is 0 Å². The molecule has 0 aromatic rings. The lowest BCUT2D eigenvalue weighted by molar-refractivity contribution is 0.101. The molecule has 0 aromatic heterocycles. The lowest BCUT2D eigenvalue weighted by atomic mass is 9.91. The highest BCUT2D eigenvalue weighted by Crippen LogP contribution is 2.21. The molecule has 3 unspecified atom stereocenters. The third-order valence-corrected chi connectivity index (χ3v) is 3.84. The van der Waals surface area contributed by atoms with Crippen molar-refractivity contribution in [2.24, 2.45) is 11.8 Å². The molecule has 96 valence electrons. The van der Waals surface area contributed by atoms with Gasteiger partial charge in [-0.1, -0.05) is 27.7 Å². The van der Waals surface area contributed by atoms with Crippen molar-refractivity contribution in [2.45, 2.75) is 59.5 Å². The summed E-state index contributed by atoms with van der Waals surface area (Å²) in [6, 6.07) is 1.50. The van der Waals surface area contributed by atoms with Gasteiger partial charge < -0.3 is 10.2 Å². The molecule has 0 bridgehead atoms. The molecule has 0 aliphatic carbocycles. The maximum absolute atomic E-state index is 3.61. The van der Waals surface area contributed by atoms with Gasteiger partial charge in [-0.15, -0.1) is 0 Å². The summed E-state index contributed by atoms with van der Waals surface area (Å²) in [5.41, 5.74) is 0. The molecule has 0 aromatic carbocycles. The summed E-state index contributed by atoms with van der Waals surface area (Å²) in [4.78, 5) is 2.68. The molecular weight excluding hydrogens is 196 g/mol. The molecular formula is C14H30N2. The largest absolute Gasteiger partial charge is 0.314 e. The summed E-state index contributed by atoms with van der Waals surface area (Å²) in [6.07, 6.45) is 2.65. The van der Waals surface area contributed by atoms with Crippen LogP contribution in [-0.4, -0.2) is 36.6 Å². The molecule has 1 saturated heterocycles. The zero-order valence-electron chi connectivity index (χ0n) is 11.8. The van der Waals surface area contributed by atoms with Crippen LogP contribution in [0.3, 0.4) is 0 Å². The van der Waals surface area contributed by atoms with Crippen LogP contribution in [0.1, 0.15) is 47.5 Å². The van der Waals surface area contributed by atoms with Gasteiger partial charge in [-0.05, 0) is 44.7 Å². The van der Waals surface area contributed by atoms with Gasteiger partial charge in [0.05, 0.1) is 0 Å². The Morgan fingerprint density at radius 3 is 2.50 bits per heavy atom. The summed E-state index contributed by atoms with van der Waals surface area (Å²) in [7, 11) is 0. The average molecular weight is 226 g/mol. The predicted octanol–water partition coefficient (Wildman–Crippen LogP) is 2.74. The minimum atomic E-state index is 0.743. The van der Waals surface area contributed by atoms with Crippen LogP contribution in [0.15, 0.2) is 0 Å². The van der Waals surface area contributed by atoms with Crippen LogP contribution < -0.4 is 5.32 Å². The topological polar surface area (TPSA) is 15.3 Å².